The number of carbonyl (C=O) groups excluding carboxylic acids is 1. The Labute approximate surface area is 138 Å². The Morgan fingerprint density at radius 3 is 3.00 bits per heavy atom. The van der Waals surface area contributed by atoms with Crippen LogP contribution in [-0.2, 0) is 0 Å². The van der Waals surface area contributed by atoms with Crippen LogP contribution in [0.4, 0.5) is 20.7 Å². The predicted molar refractivity (Wildman–Crippen MR) is 90.6 cm³/mol. The number of H-pyrrole nitrogens is 1. The topological polar surface area (TPSA) is 74.7 Å². The van der Waals surface area contributed by atoms with Crippen LogP contribution >= 0.6 is 0 Å². The molecule has 1 aliphatic rings. The minimum Gasteiger partial charge on any atom is -0.359 e. The van der Waals surface area contributed by atoms with Crippen molar-refractivity contribution in [1.29, 1.82) is 0 Å². The quantitative estimate of drug-likeness (QED) is 0.674. The van der Waals surface area contributed by atoms with Crippen LogP contribution in [0.2, 0.25) is 0 Å². The second kappa shape index (κ2) is 5.67. The molecule has 6 nitrogen and oxygen atoms in total. The van der Waals surface area contributed by atoms with Crippen molar-refractivity contribution in [3.05, 3.63) is 42.5 Å². The van der Waals surface area contributed by atoms with Gasteiger partial charge in [-0.3, -0.25) is 5.32 Å². The monoisotopic (exact) mass is 327 g/mol. The van der Waals surface area contributed by atoms with E-state index < -0.39 is 6.03 Å². The van der Waals surface area contributed by atoms with Crippen molar-refractivity contribution in [2.45, 2.75) is 25.8 Å². The number of anilines is 2. The van der Waals surface area contributed by atoms with Gasteiger partial charge in [-0.25, -0.2) is 13.9 Å². The molecule has 0 saturated heterocycles. The second-order valence-electron chi connectivity index (χ2n) is 6.18. The average Bonchev–Trinajstić information content (AvgIpc) is 3.18. The van der Waals surface area contributed by atoms with Crippen molar-refractivity contribution >= 4 is 28.4 Å². The minimum atomic E-state index is -0.427. The molecule has 2 heterocycles. The standard InChI is InChI=1S/C17H18FN5O/c1-10(11-5-6-11)23-15(7-8-20-23)22-17(24)21-14-9-19-13-4-2-3-12(18)16(13)14/h2-4,7-11,19H,5-6H2,1H3,(H2,21,22,24). The molecule has 2 aromatic heterocycles. The molecule has 0 radical (unpaired) electrons. The van der Waals surface area contributed by atoms with Crippen molar-refractivity contribution < 1.29 is 9.18 Å². The highest BCUT2D eigenvalue weighted by Gasteiger charge is 2.30. The van der Waals surface area contributed by atoms with E-state index in [4.69, 9.17) is 0 Å². The van der Waals surface area contributed by atoms with Gasteiger partial charge in [0.25, 0.3) is 0 Å². The number of halogens is 1. The summed E-state index contributed by atoms with van der Waals surface area (Å²) in [5.41, 5.74) is 1.04. The number of hydrogen-bond acceptors (Lipinski definition) is 2. The van der Waals surface area contributed by atoms with Crippen LogP contribution in [0.15, 0.2) is 36.7 Å². The molecule has 1 saturated carbocycles. The highest BCUT2D eigenvalue weighted by atomic mass is 19.1. The first kappa shape index (κ1) is 14.7. The van der Waals surface area contributed by atoms with Crippen LogP contribution in [-0.4, -0.2) is 20.8 Å². The molecule has 3 N–H and O–H groups in total. The van der Waals surface area contributed by atoms with Crippen LogP contribution < -0.4 is 10.6 Å². The lowest BCUT2D eigenvalue weighted by atomic mass is 10.2. The second-order valence-corrected chi connectivity index (χ2v) is 6.18. The molecule has 0 bridgehead atoms. The van der Waals surface area contributed by atoms with Crippen molar-refractivity contribution in [1.82, 2.24) is 14.8 Å². The van der Waals surface area contributed by atoms with Crippen molar-refractivity contribution in [2.24, 2.45) is 5.92 Å². The van der Waals surface area contributed by atoms with Gasteiger partial charge in [-0.05, 0) is 37.8 Å². The molecule has 2 amide bonds. The summed E-state index contributed by atoms with van der Waals surface area (Å²) >= 11 is 0. The summed E-state index contributed by atoms with van der Waals surface area (Å²) < 4.78 is 15.8. The molecule has 3 aromatic rings. The lowest BCUT2D eigenvalue weighted by Gasteiger charge is -2.15. The van der Waals surface area contributed by atoms with Crippen LogP contribution in [0.25, 0.3) is 10.9 Å². The summed E-state index contributed by atoms with van der Waals surface area (Å²) in [5, 5.41) is 10.2. The van der Waals surface area contributed by atoms with E-state index in [1.807, 2.05) is 4.68 Å². The summed E-state index contributed by atoms with van der Waals surface area (Å²) in [5.74, 6) is 0.875. The fraction of sp³-hybridized carbons (Fsp3) is 0.294. The number of aromatic amines is 1. The van der Waals surface area contributed by atoms with Crippen LogP contribution in [0.5, 0.6) is 0 Å². The molecule has 4 rings (SSSR count). The van der Waals surface area contributed by atoms with E-state index >= 15 is 0 Å². The van der Waals surface area contributed by atoms with Gasteiger partial charge in [-0.2, -0.15) is 5.10 Å². The molecule has 1 fully saturated rings. The SMILES string of the molecule is CC(C1CC1)n1nccc1NC(=O)Nc1c[nH]c2cccc(F)c12. The zero-order valence-electron chi connectivity index (χ0n) is 13.2. The van der Waals surface area contributed by atoms with E-state index in [-0.39, 0.29) is 11.9 Å². The molecule has 0 aliphatic heterocycles. The number of carbonyl (C=O) groups is 1. The van der Waals surface area contributed by atoms with Gasteiger partial charge in [-0.1, -0.05) is 6.07 Å². The van der Waals surface area contributed by atoms with Crippen molar-refractivity contribution in [2.75, 3.05) is 10.6 Å². The molecular formula is C17H18FN5O. The number of benzene rings is 1. The number of aromatic nitrogens is 3. The molecule has 1 aromatic carbocycles. The zero-order chi connectivity index (χ0) is 16.7. The van der Waals surface area contributed by atoms with Gasteiger partial charge in [0, 0.05) is 12.3 Å². The van der Waals surface area contributed by atoms with E-state index in [0.29, 0.717) is 28.3 Å². The highest BCUT2D eigenvalue weighted by Crippen LogP contribution is 2.40. The third kappa shape index (κ3) is 2.62. The van der Waals surface area contributed by atoms with Gasteiger partial charge in [0.15, 0.2) is 0 Å². The maximum atomic E-state index is 14.0. The predicted octanol–water partition coefficient (Wildman–Crippen LogP) is 4.12. The Bertz CT molecular complexity index is 895. The highest BCUT2D eigenvalue weighted by molar-refractivity contribution is 6.05. The number of hydrogen-bond donors (Lipinski definition) is 3. The third-order valence-electron chi connectivity index (χ3n) is 4.51. The van der Waals surface area contributed by atoms with Gasteiger partial charge in [0.1, 0.15) is 11.6 Å². The Kier molecular flexibility index (Phi) is 3.48. The first-order valence-electron chi connectivity index (χ1n) is 8.00. The summed E-state index contributed by atoms with van der Waals surface area (Å²) in [6.45, 7) is 2.10. The smallest absolute Gasteiger partial charge is 0.324 e. The normalized spacial score (nSPS) is 15.4. The molecule has 24 heavy (non-hydrogen) atoms. The van der Waals surface area contributed by atoms with Gasteiger partial charge in [-0.15, -0.1) is 0 Å². The van der Waals surface area contributed by atoms with Gasteiger partial charge >= 0.3 is 6.03 Å². The van der Waals surface area contributed by atoms with Crippen LogP contribution in [0.3, 0.4) is 0 Å². The van der Waals surface area contributed by atoms with Crippen LogP contribution in [0.1, 0.15) is 25.8 Å². The lowest BCUT2D eigenvalue weighted by Crippen LogP contribution is -2.23. The summed E-state index contributed by atoms with van der Waals surface area (Å²) in [6.07, 6.45) is 5.64. The van der Waals surface area contributed by atoms with Gasteiger partial charge < -0.3 is 10.3 Å². The van der Waals surface area contributed by atoms with E-state index in [0.717, 1.165) is 0 Å². The van der Waals surface area contributed by atoms with Crippen molar-refractivity contribution in [3.63, 3.8) is 0 Å². The maximum absolute atomic E-state index is 14.0. The fourth-order valence-corrected chi connectivity index (χ4v) is 3.02. The molecule has 0 spiro atoms. The number of urea groups is 1. The Morgan fingerprint density at radius 2 is 2.21 bits per heavy atom. The van der Waals surface area contributed by atoms with Gasteiger partial charge in [0.05, 0.1) is 28.8 Å². The molecule has 1 unspecified atom stereocenters. The minimum absolute atomic E-state index is 0.251. The molecule has 1 aliphatic carbocycles. The molecule has 7 heteroatoms. The number of amides is 2. The Hall–Kier alpha value is -2.83. The summed E-state index contributed by atoms with van der Waals surface area (Å²) in [4.78, 5) is 15.2. The van der Waals surface area contributed by atoms with E-state index in [1.54, 1.807) is 30.6 Å². The molecular weight excluding hydrogens is 309 g/mol. The Balaban J connectivity index is 1.52. The fourth-order valence-electron chi connectivity index (χ4n) is 3.02. The Morgan fingerprint density at radius 1 is 1.38 bits per heavy atom. The van der Waals surface area contributed by atoms with E-state index in [9.17, 15) is 9.18 Å². The van der Waals surface area contributed by atoms with Crippen molar-refractivity contribution in [3.8, 4) is 0 Å². The number of rotatable bonds is 4. The van der Waals surface area contributed by atoms with Gasteiger partial charge in [0.2, 0.25) is 0 Å². The zero-order valence-corrected chi connectivity index (χ0v) is 13.2. The summed E-state index contributed by atoms with van der Waals surface area (Å²) in [7, 11) is 0. The van der Waals surface area contributed by atoms with Crippen LogP contribution in [0, 0.1) is 11.7 Å². The first-order chi connectivity index (χ1) is 11.6. The largest absolute Gasteiger partial charge is 0.359 e. The first-order valence-corrected chi connectivity index (χ1v) is 8.00. The number of fused-ring (bicyclic) bond motifs is 1. The van der Waals surface area contributed by atoms with E-state index in [2.05, 4.69) is 27.6 Å². The number of nitrogens with one attached hydrogen (secondary N) is 3. The lowest BCUT2D eigenvalue weighted by molar-refractivity contribution is 0.262. The molecule has 1 atom stereocenters. The average molecular weight is 327 g/mol. The molecule has 124 valence electrons. The maximum Gasteiger partial charge on any atom is 0.324 e. The van der Waals surface area contributed by atoms with E-state index in [1.165, 1.54) is 18.9 Å². The third-order valence-corrected chi connectivity index (χ3v) is 4.51. The summed E-state index contributed by atoms with van der Waals surface area (Å²) in [6, 6.07) is 6.33. The number of nitrogens with zero attached hydrogens (tertiary/aromatic N) is 2.